The molecule has 5 nitrogen and oxygen atoms in total. The molecule has 2 saturated carbocycles. The lowest BCUT2D eigenvalue weighted by molar-refractivity contribution is -0.120. The molecule has 1 heterocycles. The lowest BCUT2D eigenvalue weighted by Crippen LogP contribution is -2.26. The fourth-order valence-electron chi connectivity index (χ4n) is 3.33. The highest BCUT2D eigenvalue weighted by Crippen LogP contribution is 2.54. The van der Waals surface area contributed by atoms with E-state index in [0.717, 1.165) is 24.7 Å². The van der Waals surface area contributed by atoms with Gasteiger partial charge in [-0.1, -0.05) is 0 Å². The van der Waals surface area contributed by atoms with Crippen LogP contribution in [0.15, 0.2) is 18.2 Å². The first-order valence-corrected chi connectivity index (χ1v) is 7.06. The number of hydrogen-bond acceptors (Lipinski definition) is 3. The van der Waals surface area contributed by atoms with Gasteiger partial charge in [-0.15, -0.1) is 0 Å². The summed E-state index contributed by atoms with van der Waals surface area (Å²) in [5.41, 5.74) is 1.33. The van der Waals surface area contributed by atoms with E-state index in [1.165, 1.54) is 6.42 Å². The summed E-state index contributed by atoms with van der Waals surface area (Å²) in [6.07, 6.45) is 3.37. The Morgan fingerprint density at radius 1 is 1.25 bits per heavy atom. The minimum Gasteiger partial charge on any atom is -0.482 e. The Kier molecular flexibility index (Phi) is 2.49. The molecule has 104 valence electrons. The van der Waals surface area contributed by atoms with Crippen LogP contribution in [0.5, 0.6) is 5.75 Å². The van der Waals surface area contributed by atoms with E-state index in [2.05, 4.69) is 10.6 Å². The number of anilines is 2. The largest absolute Gasteiger partial charge is 0.482 e. The van der Waals surface area contributed by atoms with Crippen LogP contribution >= 0.6 is 0 Å². The molecule has 0 radical (unpaired) electrons. The van der Waals surface area contributed by atoms with Crippen molar-refractivity contribution in [2.24, 2.45) is 17.8 Å². The Morgan fingerprint density at radius 3 is 2.85 bits per heavy atom. The third-order valence-corrected chi connectivity index (χ3v) is 4.49. The quantitative estimate of drug-likeness (QED) is 0.865. The minimum atomic E-state index is -0.170. The molecule has 4 rings (SSSR count). The van der Waals surface area contributed by atoms with Crippen molar-refractivity contribution in [2.45, 2.75) is 19.3 Å². The Bertz CT molecular complexity index is 589. The van der Waals surface area contributed by atoms with Crippen LogP contribution in [0.2, 0.25) is 0 Å². The van der Waals surface area contributed by atoms with E-state index in [4.69, 9.17) is 4.74 Å². The highest BCUT2D eigenvalue weighted by molar-refractivity contribution is 5.98. The monoisotopic (exact) mass is 272 g/mol. The summed E-state index contributed by atoms with van der Waals surface area (Å²) in [4.78, 5) is 23.5. The zero-order chi connectivity index (χ0) is 13.7. The highest BCUT2D eigenvalue weighted by atomic mass is 16.5. The molecule has 2 N–H and O–H groups in total. The van der Waals surface area contributed by atoms with Gasteiger partial charge < -0.3 is 15.4 Å². The molecule has 0 aromatic heterocycles. The van der Waals surface area contributed by atoms with Crippen LogP contribution in [0.3, 0.4) is 0 Å². The van der Waals surface area contributed by atoms with Gasteiger partial charge in [0.2, 0.25) is 5.91 Å². The number of ether oxygens (including phenoxy) is 1. The van der Waals surface area contributed by atoms with Crippen molar-refractivity contribution < 1.29 is 14.3 Å². The summed E-state index contributed by atoms with van der Waals surface area (Å²) in [6, 6.07) is 5.33. The summed E-state index contributed by atoms with van der Waals surface area (Å²) in [5.74, 6) is 2.31. The Balaban J connectivity index is 1.47. The molecule has 2 fully saturated rings. The second-order valence-corrected chi connectivity index (χ2v) is 5.96. The van der Waals surface area contributed by atoms with Crippen LogP contribution < -0.4 is 15.4 Å². The molecule has 0 saturated heterocycles. The maximum atomic E-state index is 12.2. The van der Waals surface area contributed by atoms with E-state index >= 15 is 0 Å². The maximum Gasteiger partial charge on any atom is 0.262 e. The van der Waals surface area contributed by atoms with Gasteiger partial charge in [-0.25, -0.2) is 0 Å². The molecule has 5 heteroatoms. The number of nitrogens with one attached hydrogen (secondary N) is 2. The van der Waals surface area contributed by atoms with Gasteiger partial charge in [-0.3, -0.25) is 9.59 Å². The molecule has 3 aliphatic rings. The van der Waals surface area contributed by atoms with E-state index < -0.39 is 0 Å². The van der Waals surface area contributed by atoms with Gasteiger partial charge in [0.1, 0.15) is 5.75 Å². The summed E-state index contributed by atoms with van der Waals surface area (Å²) >= 11 is 0. The van der Waals surface area contributed by atoms with E-state index in [1.54, 1.807) is 12.1 Å². The van der Waals surface area contributed by atoms with Gasteiger partial charge in [-0.05, 0) is 49.3 Å². The predicted octanol–water partition coefficient (Wildman–Crippen LogP) is 2.00. The molecule has 0 bridgehead atoms. The van der Waals surface area contributed by atoms with Crippen LogP contribution in [0.4, 0.5) is 11.4 Å². The second-order valence-electron chi connectivity index (χ2n) is 5.96. The normalized spacial score (nSPS) is 29.8. The van der Waals surface area contributed by atoms with E-state index in [9.17, 15) is 9.59 Å². The molecule has 1 aliphatic heterocycles. The zero-order valence-corrected chi connectivity index (χ0v) is 11.0. The molecule has 2 unspecified atom stereocenters. The minimum absolute atomic E-state index is 0.0452. The van der Waals surface area contributed by atoms with Gasteiger partial charge in [0.25, 0.3) is 5.91 Å². The first-order chi connectivity index (χ1) is 9.69. The van der Waals surface area contributed by atoms with Crippen LogP contribution in [0.1, 0.15) is 19.3 Å². The lowest BCUT2D eigenvalue weighted by atomic mass is 10.0. The molecular weight excluding hydrogens is 256 g/mol. The lowest BCUT2D eigenvalue weighted by Gasteiger charge is -2.19. The number of benzene rings is 1. The average molecular weight is 272 g/mol. The summed E-state index contributed by atoms with van der Waals surface area (Å²) in [7, 11) is 0. The van der Waals surface area contributed by atoms with Crippen molar-refractivity contribution in [2.75, 3.05) is 17.2 Å². The second kappa shape index (κ2) is 4.23. The summed E-state index contributed by atoms with van der Waals surface area (Å²) in [6.45, 7) is 0.0452. The van der Waals surface area contributed by atoms with Crippen molar-refractivity contribution in [3.8, 4) is 5.75 Å². The third kappa shape index (κ3) is 2.03. The van der Waals surface area contributed by atoms with E-state index in [-0.39, 0.29) is 24.3 Å². The number of amides is 2. The van der Waals surface area contributed by atoms with Gasteiger partial charge in [0, 0.05) is 11.6 Å². The summed E-state index contributed by atoms with van der Waals surface area (Å²) in [5, 5.41) is 5.69. The average Bonchev–Trinajstić information content (AvgIpc) is 3.04. The van der Waals surface area contributed by atoms with Gasteiger partial charge in [0.05, 0.1) is 5.69 Å². The first kappa shape index (κ1) is 11.8. The predicted molar refractivity (Wildman–Crippen MR) is 73.5 cm³/mol. The SMILES string of the molecule is O=C1COc2ccc(NC(=O)C3CC4CC4C3)cc2N1. The maximum absolute atomic E-state index is 12.2. The molecule has 2 aliphatic carbocycles. The van der Waals surface area contributed by atoms with E-state index in [1.807, 2.05) is 6.07 Å². The van der Waals surface area contributed by atoms with Crippen molar-refractivity contribution >= 4 is 23.2 Å². The number of hydrogen-bond donors (Lipinski definition) is 2. The number of carbonyl (C=O) groups excluding carboxylic acids is 2. The topological polar surface area (TPSA) is 67.4 Å². The van der Waals surface area contributed by atoms with Gasteiger partial charge in [-0.2, -0.15) is 0 Å². The van der Waals surface area contributed by atoms with Crippen LogP contribution in [-0.2, 0) is 9.59 Å². The number of rotatable bonds is 2. The Morgan fingerprint density at radius 2 is 2.05 bits per heavy atom. The molecule has 1 aromatic carbocycles. The standard InChI is InChI=1S/C15H16N2O3/c18-14-7-20-13-2-1-11(6-12(13)17-14)16-15(19)10-4-8-3-9(8)5-10/h1-2,6,8-10H,3-5,7H2,(H,16,19)(H,17,18). The van der Waals surface area contributed by atoms with Gasteiger partial charge in [0.15, 0.2) is 6.61 Å². The van der Waals surface area contributed by atoms with Crippen molar-refractivity contribution in [1.29, 1.82) is 0 Å². The Hall–Kier alpha value is -2.04. The molecule has 20 heavy (non-hydrogen) atoms. The smallest absolute Gasteiger partial charge is 0.262 e. The van der Waals surface area contributed by atoms with Crippen LogP contribution in [0, 0.1) is 17.8 Å². The van der Waals surface area contributed by atoms with Crippen LogP contribution in [0.25, 0.3) is 0 Å². The number of carbonyl (C=O) groups is 2. The summed E-state index contributed by atoms with van der Waals surface area (Å²) < 4.78 is 5.29. The molecular formula is C15H16N2O3. The fourth-order valence-corrected chi connectivity index (χ4v) is 3.33. The molecule has 2 atom stereocenters. The zero-order valence-electron chi connectivity index (χ0n) is 11.0. The highest BCUT2D eigenvalue weighted by Gasteiger charge is 2.47. The molecule has 1 aromatic rings. The number of fused-ring (bicyclic) bond motifs is 2. The van der Waals surface area contributed by atoms with Crippen LogP contribution in [-0.4, -0.2) is 18.4 Å². The Labute approximate surface area is 116 Å². The first-order valence-electron chi connectivity index (χ1n) is 7.06. The molecule has 2 amide bonds. The van der Waals surface area contributed by atoms with Crippen molar-refractivity contribution in [3.63, 3.8) is 0 Å². The van der Waals surface area contributed by atoms with E-state index in [0.29, 0.717) is 17.1 Å². The fraction of sp³-hybridized carbons (Fsp3) is 0.467. The van der Waals surface area contributed by atoms with Gasteiger partial charge >= 0.3 is 0 Å². The van der Waals surface area contributed by atoms with Crippen molar-refractivity contribution in [3.05, 3.63) is 18.2 Å². The van der Waals surface area contributed by atoms with Crippen molar-refractivity contribution in [1.82, 2.24) is 0 Å². The third-order valence-electron chi connectivity index (χ3n) is 4.49. The molecule has 0 spiro atoms.